The molecule has 1 aliphatic rings. The summed E-state index contributed by atoms with van der Waals surface area (Å²) in [7, 11) is 1.78. The Morgan fingerprint density at radius 3 is 2.39 bits per heavy atom. The predicted octanol–water partition coefficient (Wildman–Crippen LogP) is 2.66. The molecule has 0 N–H and O–H groups in total. The van der Waals surface area contributed by atoms with Gasteiger partial charge in [-0.2, -0.15) is 0 Å². The molecule has 23 heavy (non-hydrogen) atoms. The lowest BCUT2D eigenvalue weighted by molar-refractivity contribution is -0.137. The fourth-order valence-corrected chi connectivity index (χ4v) is 2.99. The molecule has 4 heteroatoms. The number of piperazine rings is 1. The Morgan fingerprint density at radius 1 is 1.00 bits per heavy atom. The Morgan fingerprint density at radius 2 is 1.65 bits per heavy atom. The molecule has 1 atom stereocenters. The lowest BCUT2D eigenvalue weighted by atomic mass is 9.98. The second-order valence-electron chi connectivity index (χ2n) is 5.85. The van der Waals surface area contributed by atoms with Crippen LogP contribution in [0.2, 0.25) is 0 Å². The molecule has 1 saturated heterocycles. The number of carbonyl (C=O) groups excluding carboxylic acids is 2. The first-order valence-electron chi connectivity index (χ1n) is 7.80. The number of amides is 2. The smallest absolute Gasteiger partial charge is 0.255 e. The molecule has 0 saturated carbocycles. The number of hydrogen-bond acceptors (Lipinski definition) is 2. The molecule has 0 bridgehead atoms. The van der Waals surface area contributed by atoms with E-state index in [1.54, 1.807) is 23.8 Å². The Balaban J connectivity index is 1.96. The van der Waals surface area contributed by atoms with Crippen LogP contribution in [0.5, 0.6) is 0 Å². The summed E-state index contributed by atoms with van der Waals surface area (Å²) in [6, 6.07) is 17.0. The molecule has 1 aliphatic heterocycles. The van der Waals surface area contributed by atoms with Gasteiger partial charge in [0.15, 0.2) is 0 Å². The van der Waals surface area contributed by atoms with Gasteiger partial charge in [0.25, 0.3) is 5.91 Å². The summed E-state index contributed by atoms with van der Waals surface area (Å²) in [6.45, 7) is 2.93. The van der Waals surface area contributed by atoms with Crippen molar-refractivity contribution in [2.45, 2.75) is 13.0 Å². The maximum atomic E-state index is 13.0. The molecule has 0 aliphatic carbocycles. The second kappa shape index (κ2) is 6.24. The molecule has 0 unspecified atom stereocenters. The lowest BCUT2D eigenvalue weighted by Crippen LogP contribution is -2.56. The van der Waals surface area contributed by atoms with Crippen molar-refractivity contribution >= 4 is 11.8 Å². The van der Waals surface area contributed by atoms with Crippen LogP contribution in [0.1, 0.15) is 17.3 Å². The standard InChI is InChI=1S/C19H20N2O2/c1-14-18(22)20(2)12-13-21(14)19(23)17-11-7-6-10-16(17)15-8-4-3-5-9-15/h3-11,14H,12-13H2,1-2H3/t14-/m0/s1. The molecule has 2 aromatic rings. The summed E-state index contributed by atoms with van der Waals surface area (Å²) in [5.74, 6) is -0.0970. The van der Waals surface area contributed by atoms with Crippen molar-refractivity contribution in [3.63, 3.8) is 0 Å². The lowest BCUT2D eigenvalue weighted by Gasteiger charge is -2.37. The fraction of sp³-hybridized carbons (Fsp3) is 0.263. The van der Waals surface area contributed by atoms with E-state index >= 15 is 0 Å². The summed E-state index contributed by atoms with van der Waals surface area (Å²) >= 11 is 0. The van der Waals surface area contributed by atoms with Crippen molar-refractivity contribution in [2.24, 2.45) is 0 Å². The number of carbonyl (C=O) groups is 2. The first kappa shape index (κ1) is 15.3. The quantitative estimate of drug-likeness (QED) is 0.856. The summed E-state index contributed by atoms with van der Waals surface area (Å²) in [4.78, 5) is 28.5. The molecule has 0 spiro atoms. The van der Waals surface area contributed by atoms with Crippen molar-refractivity contribution in [1.82, 2.24) is 9.80 Å². The Kier molecular flexibility index (Phi) is 4.15. The van der Waals surface area contributed by atoms with Gasteiger partial charge in [0, 0.05) is 25.7 Å². The molecular formula is C19H20N2O2. The normalized spacial score (nSPS) is 18.2. The van der Waals surface area contributed by atoms with Crippen LogP contribution in [0.25, 0.3) is 11.1 Å². The highest BCUT2D eigenvalue weighted by molar-refractivity contribution is 6.03. The van der Waals surface area contributed by atoms with E-state index < -0.39 is 6.04 Å². The topological polar surface area (TPSA) is 40.6 Å². The number of likely N-dealkylation sites (N-methyl/N-ethyl adjacent to an activating group) is 1. The van der Waals surface area contributed by atoms with Gasteiger partial charge in [-0.1, -0.05) is 48.5 Å². The molecule has 1 heterocycles. The molecular weight excluding hydrogens is 288 g/mol. The third-order valence-electron chi connectivity index (χ3n) is 4.38. The van der Waals surface area contributed by atoms with Crippen LogP contribution in [0.15, 0.2) is 54.6 Å². The maximum absolute atomic E-state index is 13.0. The van der Waals surface area contributed by atoms with Crippen molar-refractivity contribution < 1.29 is 9.59 Å². The van der Waals surface area contributed by atoms with E-state index in [1.165, 1.54) is 0 Å². The van der Waals surface area contributed by atoms with Gasteiger partial charge >= 0.3 is 0 Å². The zero-order chi connectivity index (χ0) is 16.4. The SMILES string of the molecule is C[C@H]1C(=O)N(C)CCN1C(=O)c1ccccc1-c1ccccc1. The molecule has 1 fully saturated rings. The Hall–Kier alpha value is -2.62. The van der Waals surface area contributed by atoms with Crippen LogP contribution in [-0.2, 0) is 4.79 Å². The largest absolute Gasteiger partial charge is 0.342 e. The predicted molar refractivity (Wildman–Crippen MR) is 90.0 cm³/mol. The molecule has 0 radical (unpaired) electrons. The van der Waals surface area contributed by atoms with E-state index in [-0.39, 0.29) is 11.8 Å². The van der Waals surface area contributed by atoms with Gasteiger partial charge in [0.2, 0.25) is 5.91 Å². The molecule has 118 valence electrons. The molecule has 3 rings (SSSR count). The van der Waals surface area contributed by atoms with Crippen LogP contribution < -0.4 is 0 Å². The van der Waals surface area contributed by atoms with Gasteiger partial charge in [-0.25, -0.2) is 0 Å². The summed E-state index contributed by atoms with van der Waals surface area (Å²) in [5.41, 5.74) is 2.55. The van der Waals surface area contributed by atoms with Crippen LogP contribution in [0, 0.1) is 0 Å². The van der Waals surface area contributed by atoms with E-state index in [2.05, 4.69) is 0 Å². The minimum atomic E-state index is -0.426. The second-order valence-corrected chi connectivity index (χ2v) is 5.85. The zero-order valence-electron chi connectivity index (χ0n) is 13.4. The minimum Gasteiger partial charge on any atom is -0.342 e. The van der Waals surface area contributed by atoms with Gasteiger partial charge in [-0.05, 0) is 24.1 Å². The number of rotatable bonds is 2. The monoisotopic (exact) mass is 308 g/mol. The third kappa shape index (κ3) is 2.84. The van der Waals surface area contributed by atoms with E-state index in [0.29, 0.717) is 18.7 Å². The highest BCUT2D eigenvalue weighted by atomic mass is 16.2. The number of hydrogen-bond donors (Lipinski definition) is 0. The van der Waals surface area contributed by atoms with Gasteiger partial charge < -0.3 is 9.80 Å². The van der Waals surface area contributed by atoms with E-state index in [4.69, 9.17) is 0 Å². The van der Waals surface area contributed by atoms with E-state index in [0.717, 1.165) is 11.1 Å². The molecule has 2 aromatic carbocycles. The van der Waals surface area contributed by atoms with Gasteiger partial charge in [-0.3, -0.25) is 9.59 Å². The average Bonchev–Trinajstić information content (AvgIpc) is 2.60. The minimum absolute atomic E-state index is 0.0122. The summed E-state index contributed by atoms with van der Waals surface area (Å²) < 4.78 is 0. The highest BCUT2D eigenvalue weighted by Gasteiger charge is 2.33. The number of benzene rings is 2. The average molecular weight is 308 g/mol. The molecule has 4 nitrogen and oxygen atoms in total. The van der Waals surface area contributed by atoms with Crippen molar-refractivity contribution in [3.8, 4) is 11.1 Å². The Bertz CT molecular complexity index is 727. The van der Waals surface area contributed by atoms with Gasteiger partial charge in [0.1, 0.15) is 6.04 Å². The molecule has 2 amide bonds. The maximum Gasteiger partial charge on any atom is 0.255 e. The van der Waals surface area contributed by atoms with Crippen LogP contribution in [0.4, 0.5) is 0 Å². The fourth-order valence-electron chi connectivity index (χ4n) is 2.99. The van der Waals surface area contributed by atoms with Crippen molar-refractivity contribution in [2.75, 3.05) is 20.1 Å². The first-order chi connectivity index (χ1) is 11.1. The van der Waals surface area contributed by atoms with Crippen LogP contribution in [-0.4, -0.2) is 47.8 Å². The summed E-state index contributed by atoms with van der Waals surface area (Å²) in [6.07, 6.45) is 0. The van der Waals surface area contributed by atoms with Crippen LogP contribution >= 0.6 is 0 Å². The Labute approximate surface area is 136 Å². The van der Waals surface area contributed by atoms with Gasteiger partial charge in [0.05, 0.1) is 0 Å². The highest BCUT2D eigenvalue weighted by Crippen LogP contribution is 2.25. The zero-order valence-corrected chi connectivity index (χ0v) is 13.4. The van der Waals surface area contributed by atoms with E-state index in [1.807, 2.05) is 54.6 Å². The third-order valence-corrected chi connectivity index (χ3v) is 4.38. The van der Waals surface area contributed by atoms with Crippen molar-refractivity contribution in [1.29, 1.82) is 0 Å². The number of nitrogens with zero attached hydrogens (tertiary/aromatic N) is 2. The first-order valence-corrected chi connectivity index (χ1v) is 7.80. The molecule has 0 aromatic heterocycles. The van der Waals surface area contributed by atoms with E-state index in [9.17, 15) is 9.59 Å². The summed E-state index contributed by atoms with van der Waals surface area (Å²) in [5, 5.41) is 0. The van der Waals surface area contributed by atoms with Gasteiger partial charge in [-0.15, -0.1) is 0 Å². The van der Waals surface area contributed by atoms with Crippen molar-refractivity contribution in [3.05, 3.63) is 60.2 Å². The van der Waals surface area contributed by atoms with Crippen LogP contribution in [0.3, 0.4) is 0 Å².